The second-order valence-electron chi connectivity index (χ2n) is 6.61. The molecule has 31 heavy (non-hydrogen) atoms. The molecule has 8 nitrogen and oxygen atoms in total. The number of hydrogen-bond donors (Lipinski definition) is 2. The lowest BCUT2D eigenvalue weighted by Crippen LogP contribution is -2.24. The predicted molar refractivity (Wildman–Crippen MR) is 118 cm³/mol. The fourth-order valence-corrected chi connectivity index (χ4v) is 3.22. The van der Waals surface area contributed by atoms with Crippen molar-refractivity contribution in [3.05, 3.63) is 77.8 Å². The van der Waals surface area contributed by atoms with Crippen LogP contribution in [0.15, 0.2) is 27.5 Å². The van der Waals surface area contributed by atoms with Gasteiger partial charge in [0, 0.05) is 24.2 Å². The minimum Gasteiger partial charge on any atom is -0.503 e. The minimum absolute atomic E-state index is 0.0204. The number of pyridine rings is 2. The third kappa shape index (κ3) is 4.06. The van der Waals surface area contributed by atoms with Gasteiger partial charge in [-0.25, -0.2) is 4.85 Å². The first-order chi connectivity index (χ1) is 14.7. The lowest BCUT2D eigenvalue weighted by Gasteiger charge is -2.12. The average Bonchev–Trinajstić information content (AvgIpc) is 2.73. The van der Waals surface area contributed by atoms with Gasteiger partial charge in [0.05, 0.1) is 6.57 Å². The predicted octanol–water partition coefficient (Wildman–Crippen LogP) is 3.38. The van der Waals surface area contributed by atoms with Gasteiger partial charge in [-0.3, -0.25) is 18.7 Å². The van der Waals surface area contributed by atoms with E-state index in [2.05, 4.69) is 10.6 Å². The molecule has 0 saturated carbocycles. The Balaban J connectivity index is 2.54. The van der Waals surface area contributed by atoms with Gasteiger partial charge in [-0.05, 0) is 57.0 Å². The summed E-state index contributed by atoms with van der Waals surface area (Å²) >= 11 is 0. The maximum atomic E-state index is 12.6. The second-order valence-corrected chi connectivity index (χ2v) is 6.61. The zero-order valence-electron chi connectivity index (χ0n) is 17.7. The van der Waals surface area contributed by atoms with E-state index in [0.717, 1.165) is 9.13 Å². The topological polar surface area (TPSA) is 113 Å². The molecule has 0 aliphatic carbocycles. The van der Waals surface area contributed by atoms with E-state index in [4.69, 9.17) is 6.57 Å². The number of hydrogen-bond acceptors (Lipinski definition) is 5. The minimum atomic E-state index is -0.549. The Hall–Kier alpha value is -4.26. The molecule has 8 heteroatoms. The molecule has 0 atom stereocenters. The number of nitrogens with zero attached hydrogens (tertiary/aromatic N) is 4. The Morgan fingerprint density at radius 3 is 2.19 bits per heavy atom. The Labute approximate surface area is 179 Å². The van der Waals surface area contributed by atoms with E-state index in [9.17, 15) is 25.1 Å². The van der Waals surface area contributed by atoms with Gasteiger partial charge in [0.1, 0.15) is 11.6 Å². The number of nitriles is 1. The molecule has 0 saturated heterocycles. The lowest BCUT2D eigenvalue weighted by molar-refractivity contribution is 0.409. The monoisotopic (exact) mass is 418 g/mol. The van der Waals surface area contributed by atoms with E-state index < -0.39 is 11.1 Å². The SMILES string of the molecule is [C-]#[N+]c1c(C)c(C=CC=C=Cc2c(C)c(C#N)c(=O)n(CC)c2O)c(=O)n(CC)c1O. The summed E-state index contributed by atoms with van der Waals surface area (Å²) in [6.07, 6.45) is 5.99. The van der Waals surface area contributed by atoms with Crippen LogP contribution in [-0.4, -0.2) is 19.3 Å². The first-order valence-corrected chi connectivity index (χ1v) is 9.54. The summed E-state index contributed by atoms with van der Waals surface area (Å²) in [6, 6.07) is 1.87. The molecule has 0 spiro atoms. The van der Waals surface area contributed by atoms with Crippen molar-refractivity contribution in [2.45, 2.75) is 40.8 Å². The molecule has 0 aromatic carbocycles. The third-order valence-electron chi connectivity index (χ3n) is 4.98. The highest BCUT2D eigenvalue weighted by molar-refractivity contribution is 5.69. The highest BCUT2D eigenvalue weighted by Gasteiger charge is 2.17. The van der Waals surface area contributed by atoms with E-state index >= 15 is 0 Å². The van der Waals surface area contributed by atoms with Gasteiger partial charge < -0.3 is 10.2 Å². The molecule has 0 aliphatic heterocycles. The molecule has 2 heterocycles. The van der Waals surface area contributed by atoms with Gasteiger partial charge in [0.25, 0.3) is 11.1 Å². The molecule has 0 aliphatic rings. The fourth-order valence-electron chi connectivity index (χ4n) is 3.22. The summed E-state index contributed by atoms with van der Waals surface area (Å²) in [4.78, 5) is 28.1. The molecule has 2 aromatic rings. The maximum Gasteiger partial charge on any atom is 0.271 e. The van der Waals surface area contributed by atoms with Crippen LogP contribution in [0, 0.1) is 31.8 Å². The molecule has 0 bridgehead atoms. The smallest absolute Gasteiger partial charge is 0.271 e. The van der Waals surface area contributed by atoms with Crippen LogP contribution < -0.4 is 11.1 Å². The standard InChI is InChI=1S/C23H22N4O4/c1-6-26-20(28)16(14(3)18(13-24)22(26)30)11-9-8-10-12-17-15(4)19(25-5)23(31)27(7-2)21(17)29/h8,10-12,28,31H,6-7H2,1-4H3. The van der Waals surface area contributed by atoms with Crippen LogP contribution in [0.2, 0.25) is 0 Å². The Kier molecular flexibility index (Phi) is 7.05. The van der Waals surface area contributed by atoms with Gasteiger partial charge in [0.15, 0.2) is 5.88 Å². The molecular formula is C23H22N4O4. The largest absolute Gasteiger partial charge is 0.503 e. The van der Waals surface area contributed by atoms with E-state index in [-0.39, 0.29) is 41.7 Å². The number of allylic oxidation sites excluding steroid dienone is 2. The molecular weight excluding hydrogens is 396 g/mol. The van der Waals surface area contributed by atoms with Crippen molar-refractivity contribution in [1.29, 1.82) is 5.26 Å². The summed E-state index contributed by atoms with van der Waals surface area (Å²) in [6.45, 7) is 14.2. The van der Waals surface area contributed by atoms with Crippen LogP contribution in [0.4, 0.5) is 5.69 Å². The van der Waals surface area contributed by atoms with Crippen LogP contribution in [-0.2, 0) is 13.1 Å². The summed E-state index contributed by atoms with van der Waals surface area (Å²) in [7, 11) is 0. The van der Waals surface area contributed by atoms with Crippen LogP contribution in [0.5, 0.6) is 11.8 Å². The molecule has 2 N–H and O–H groups in total. The van der Waals surface area contributed by atoms with Gasteiger partial charge in [-0.15, -0.1) is 5.73 Å². The quantitative estimate of drug-likeness (QED) is 0.439. The van der Waals surface area contributed by atoms with Gasteiger partial charge >= 0.3 is 0 Å². The van der Waals surface area contributed by atoms with Crippen molar-refractivity contribution in [1.82, 2.24) is 9.13 Å². The zero-order valence-corrected chi connectivity index (χ0v) is 17.7. The van der Waals surface area contributed by atoms with Crippen molar-refractivity contribution < 1.29 is 10.2 Å². The number of rotatable bonds is 5. The second kappa shape index (κ2) is 9.49. The van der Waals surface area contributed by atoms with E-state index in [1.54, 1.807) is 33.8 Å². The average molecular weight is 418 g/mol. The van der Waals surface area contributed by atoms with Crippen molar-refractivity contribution in [3.8, 4) is 17.8 Å². The summed E-state index contributed by atoms with van der Waals surface area (Å²) < 4.78 is 2.23. The van der Waals surface area contributed by atoms with Crippen LogP contribution in [0.1, 0.15) is 41.7 Å². The Morgan fingerprint density at radius 2 is 1.65 bits per heavy atom. The van der Waals surface area contributed by atoms with Gasteiger partial charge in [-0.1, -0.05) is 6.08 Å². The molecule has 0 fully saturated rings. The molecule has 0 radical (unpaired) electrons. The fraction of sp³-hybridized carbons (Fsp3) is 0.261. The van der Waals surface area contributed by atoms with Crippen molar-refractivity contribution >= 4 is 17.8 Å². The normalized spacial score (nSPS) is 10.4. The molecule has 158 valence electrons. The van der Waals surface area contributed by atoms with Gasteiger partial charge in [-0.2, -0.15) is 5.26 Å². The summed E-state index contributed by atoms with van der Waals surface area (Å²) in [5.74, 6) is -0.603. The first kappa shape index (κ1) is 23.0. The maximum absolute atomic E-state index is 12.6. The summed E-state index contributed by atoms with van der Waals surface area (Å²) in [5.41, 5.74) is 3.14. The van der Waals surface area contributed by atoms with Crippen LogP contribution in [0.3, 0.4) is 0 Å². The number of aromatic nitrogens is 2. The molecule has 0 amide bonds. The van der Waals surface area contributed by atoms with Gasteiger partial charge in [0.2, 0.25) is 11.6 Å². The third-order valence-corrected chi connectivity index (χ3v) is 4.98. The van der Waals surface area contributed by atoms with Crippen molar-refractivity contribution in [2.24, 2.45) is 0 Å². The van der Waals surface area contributed by atoms with Crippen LogP contribution in [0.25, 0.3) is 17.0 Å². The summed E-state index contributed by atoms with van der Waals surface area (Å²) in [5, 5.41) is 29.7. The number of aromatic hydroxyl groups is 2. The Morgan fingerprint density at radius 1 is 1.03 bits per heavy atom. The zero-order chi connectivity index (χ0) is 23.3. The first-order valence-electron chi connectivity index (χ1n) is 9.54. The molecule has 2 aromatic heterocycles. The van der Waals surface area contributed by atoms with E-state index in [1.807, 2.05) is 6.07 Å². The molecule has 2 rings (SSSR count). The lowest BCUT2D eigenvalue weighted by atomic mass is 10.1. The van der Waals surface area contributed by atoms with E-state index in [1.165, 1.54) is 18.2 Å². The van der Waals surface area contributed by atoms with Crippen molar-refractivity contribution in [3.63, 3.8) is 0 Å². The Bertz CT molecular complexity index is 1340. The van der Waals surface area contributed by atoms with Crippen molar-refractivity contribution in [2.75, 3.05) is 0 Å². The highest BCUT2D eigenvalue weighted by atomic mass is 16.3. The molecule has 0 unspecified atom stereocenters. The van der Waals surface area contributed by atoms with Crippen LogP contribution >= 0.6 is 0 Å². The highest BCUT2D eigenvalue weighted by Crippen LogP contribution is 2.31. The van der Waals surface area contributed by atoms with E-state index in [0.29, 0.717) is 16.7 Å².